The lowest BCUT2D eigenvalue weighted by Gasteiger charge is -2.37. The molecule has 5 aromatic rings. The lowest BCUT2D eigenvalue weighted by Crippen LogP contribution is -2.52. The molecule has 14 nitrogen and oxygen atoms in total. The summed E-state index contributed by atoms with van der Waals surface area (Å²) in [5, 5.41) is 13.2. The van der Waals surface area contributed by atoms with Crippen molar-refractivity contribution in [2.75, 3.05) is 51.1 Å². The van der Waals surface area contributed by atoms with Crippen LogP contribution in [0.2, 0.25) is 5.02 Å². The number of carbonyl (C=O) groups excluding carboxylic acids is 4. The Morgan fingerprint density at radius 3 is 2.32 bits per heavy atom. The van der Waals surface area contributed by atoms with Crippen molar-refractivity contribution in [3.63, 3.8) is 0 Å². The second kappa shape index (κ2) is 17.0. The van der Waals surface area contributed by atoms with E-state index in [-0.39, 0.29) is 69.1 Å². The van der Waals surface area contributed by atoms with E-state index in [1.807, 2.05) is 4.90 Å². The molecular formula is C40H41ClF2N10O4. The SMILES string of the molecule is Cc1c(-c2ccc(-c3cnc(C(=O)Nc4ccc(C(=O)N5CCN(C(=O)C6CCNCC6)CC5)c(Cl)c4)n3C)c(F)c2F)cnn1CCNC(=O)c1ccccn1. The standard InChI is InChI=1S/C40H41ClF2N10O4/c1-24-30(22-48-53(24)16-15-46-37(54)32-5-3-4-12-45-32)27-8-9-29(35(43)34(27)42)33-23-47-36(50(33)2)38(55)49-26-6-7-28(31(41)21-26)40(57)52-19-17-51(18-20-52)39(56)25-10-13-44-14-11-25/h3-9,12,21-23,25,44H,10-11,13-20H2,1-2H3,(H,46,54)(H,49,55). The van der Waals surface area contributed by atoms with Gasteiger partial charge in [-0.1, -0.05) is 23.7 Å². The van der Waals surface area contributed by atoms with Crippen LogP contribution in [0, 0.1) is 24.5 Å². The van der Waals surface area contributed by atoms with Gasteiger partial charge < -0.3 is 30.3 Å². The molecule has 0 radical (unpaired) electrons. The zero-order valence-corrected chi connectivity index (χ0v) is 32.2. The molecule has 0 atom stereocenters. The molecule has 0 saturated carbocycles. The number of aromatic nitrogens is 5. The number of nitrogens with one attached hydrogen (secondary N) is 3. The summed E-state index contributed by atoms with van der Waals surface area (Å²) >= 11 is 6.53. The van der Waals surface area contributed by atoms with E-state index in [9.17, 15) is 19.2 Å². The molecule has 296 valence electrons. The van der Waals surface area contributed by atoms with Crippen molar-refractivity contribution in [3.05, 3.63) is 107 Å². The number of imidazole rings is 1. The number of hydrogen-bond acceptors (Lipinski definition) is 8. The van der Waals surface area contributed by atoms with Crippen LogP contribution in [-0.4, -0.2) is 104 Å². The first-order valence-electron chi connectivity index (χ1n) is 18.6. The predicted molar refractivity (Wildman–Crippen MR) is 209 cm³/mol. The smallest absolute Gasteiger partial charge is 0.291 e. The Balaban J connectivity index is 0.972. The van der Waals surface area contributed by atoms with Crippen LogP contribution in [0.25, 0.3) is 22.4 Å². The Labute approximate surface area is 332 Å². The number of piperidine rings is 1. The van der Waals surface area contributed by atoms with E-state index >= 15 is 8.78 Å². The summed E-state index contributed by atoms with van der Waals surface area (Å²) in [7, 11) is 1.51. The number of amides is 4. The van der Waals surface area contributed by atoms with Crippen LogP contribution in [-0.2, 0) is 18.4 Å². The van der Waals surface area contributed by atoms with Crippen LogP contribution in [0.4, 0.5) is 14.5 Å². The summed E-state index contributed by atoms with van der Waals surface area (Å²) in [6.07, 6.45) is 5.89. The summed E-state index contributed by atoms with van der Waals surface area (Å²) < 4.78 is 34.3. The minimum atomic E-state index is -1.13. The summed E-state index contributed by atoms with van der Waals surface area (Å²) in [6.45, 7) is 5.61. The molecule has 2 aliphatic rings. The first kappa shape index (κ1) is 39.2. The van der Waals surface area contributed by atoms with Gasteiger partial charge in [-0.05, 0) is 69.3 Å². The second-order valence-electron chi connectivity index (χ2n) is 13.9. The van der Waals surface area contributed by atoms with E-state index in [1.165, 1.54) is 54.5 Å². The van der Waals surface area contributed by atoms with Gasteiger partial charge in [-0.25, -0.2) is 13.8 Å². The molecule has 57 heavy (non-hydrogen) atoms. The molecule has 2 fully saturated rings. The van der Waals surface area contributed by atoms with Gasteiger partial charge in [0, 0.05) is 80.0 Å². The maximum atomic E-state index is 15.7. The first-order chi connectivity index (χ1) is 27.5. The fourth-order valence-electron chi connectivity index (χ4n) is 7.21. The van der Waals surface area contributed by atoms with E-state index in [1.54, 1.807) is 40.8 Å². The topological polar surface area (TPSA) is 159 Å². The Morgan fingerprint density at radius 2 is 1.60 bits per heavy atom. The quantitative estimate of drug-likeness (QED) is 0.186. The largest absolute Gasteiger partial charge is 0.349 e. The van der Waals surface area contributed by atoms with Crippen LogP contribution >= 0.6 is 11.6 Å². The van der Waals surface area contributed by atoms with Crippen molar-refractivity contribution in [2.24, 2.45) is 13.0 Å². The molecule has 7 rings (SSSR count). The fourth-order valence-corrected chi connectivity index (χ4v) is 7.47. The zero-order valence-electron chi connectivity index (χ0n) is 31.4. The fraction of sp³-hybridized carbons (Fsp3) is 0.325. The third-order valence-corrected chi connectivity index (χ3v) is 10.8. The molecule has 2 aliphatic heterocycles. The van der Waals surface area contributed by atoms with Crippen molar-refractivity contribution in [1.29, 1.82) is 0 Å². The van der Waals surface area contributed by atoms with Gasteiger partial charge in [-0.15, -0.1) is 0 Å². The van der Waals surface area contributed by atoms with Crippen molar-refractivity contribution in [2.45, 2.75) is 26.3 Å². The highest BCUT2D eigenvalue weighted by Gasteiger charge is 2.31. The molecule has 3 N–H and O–H groups in total. The second-order valence-corrected chi connectivity index (χ2v) is 14.4. The zero-order chi connectivity index (χ0) is 40.2. The molecule has 0 spiro atoms. The Kier molecular flexibility index (Phi) is 11.7. The molecular weight excluding hydrogens is 758 g/mol. The van der Waals surface area contributed by atoms with Gasteiger partial charge >= 0.3 is 0 Å². The van der Waals surface area contributed by atoms with E-state index in [0.29, 0.717) is 49.7 Å². The van der Waals surface area contributed by atoms with Gasteiger partial charge in [0.2, 0.25) is 5.91 Å². The normalized spacial score (nSPS) is 14.8. The maximum absolute atomic E-state index is 15.7. The number of carbonyl (C=O) groups is 4. The number of rotatable bonds is 10. The Hall–Kier alpha value is -6.00. The van der Waals surface area contributed by atoms with Crippen molar-refractivity contribution < 1.29 is 28.0 Å². The molecule has 4 amide bonds. The highest BCUT2D eigenvalue weighted by Crippen LogP contribution is 2.33. The molecule has 2 aromatic carbocycles. The summed E-state index contributed by atoms with van der Waals surface area (Å²) in [5.41, 5.74) is 1.86. The lowest BCUT2D eigenvalue weighted by atomic mass is 9.96. The highest BCUT2D eigenvalue weighted by atomic mass is 35.5. The lowest BCUT2D eigenvalue weighted by molar-refractivity contribution is -0.137. The minimum absolute atomic E-state index is 0.00134. The third kappa shape index (κ3) is 8.27. The highest BCUT2D eigenvalue weighted by molar-refractivity contribution is 6.34. The van der Waals surface area contributed by atoms with E-state index in [4.69, 9.17) is 11.6 Å². The van der Waals surface area contributed by atoms with Gasteiger partial charge in [0.05, 0.1) is 35.2 Å². The Bertz CT molecular complexity index is 2320. The number of pyridine rings is 1. The van der Waals surface area contributed by atoms with Gasteiger partial charge in [0.15, 0.2) is 17.5 Å². The predicted octanol–water partition coefficient (Wildman–Crippen LogP) is 4.55. The summed E-state index contributed by atoms with van der Waals surface area (Å²) in [4.78, 5) is 63.6. The van der Waals surface area contributed by atoms with Gasteiger partial charge in [-0.2, -0.15) is 5.10 Å². The number of halogens is 3. The summed E-state index contributed by atoms with van der Waals surface area (Å²) in [6, 6.07) is 12.4. The molecule has 2 saturated heterocycles. The van der Waals surface area contributed by atoms with Gasteiger partial charge in [-0.3, -0.25) is 28.8 Å². The third-order valence-electron chi connectivity index (χ3n) is 10.5. The first-order valence-corrected chi connectivity index (χ1v) is 19.0. The van der Waals surface area contributed by atoms with Crippen LogP contribution in [0.1, 0.15) is 50.0 Å². The van der Waals surface area contributed by atoms with Crippen molar-refractivity contribution >= 4 is 40.9 Å². The maximum Gasteiger partial charge on any atom is 0.291 e. The van der Waals surface area contributed by atoms with Crippen LogP contribution in [0.5, 0.6) is 0 Å². The summed E-state index contributed by atoms with van der Waals surface area (Å²) in [5.74, 6) is -3.37. The molecule has 3 aromatic heterocycles. The number of nitrogens with zero attached hydrogens (tertiary/aromatic N) is 7. The van der Waals surface area contributed by atoms with Crippen LogP contribution in [0.15, 0.2) is 67.1 Å². The number of piperazine rings is 1. The number of hydrogen-bond donors (Lipinski definition) is 3. The molecule has 0 unspecified atom stereocenters. The molecule has 5 heterocycles. The monoisotopic (exact) mass is 798 g/mol. The van der Waals surface area contributed by atoms with Crippen LogP contribution in [0.3, 0.4) is 0 Å². The molecule has 0 bridgehead atoms. The van der Waals surface area contributed by atoms with Gasteiger partial charge in [0.25, 0.3) is 17.7 Å². The van der Waals surface area contributed by atoms with E-state index in [0.717, 1.165) is 25.9 Å². The average molecular weight is 799 g/mol. The van der Waals surface area contributed by atoms with E-state index < -0.39 is 17.5 Å². The number of benzene rings is 2. The molecule has 17 heteroatoms. The average Bonchev–Trinajstić information content (AvgIpc) is 3.80. The Morgan fingerprint density at radius 1 is 0.877 bits per heavy atom. The van der Waals surface area contributed by atoms with Crippen molar-refractivity contribution in [1.82, 2.24) is 44.7 Å². The molecule has 0 aliphatic carbocycles. The van der Waals surface area contributed by atoms with Crippen molar-refractivity contribution in [3.8, 4) is 22.4 Å². The number of anilines is 1. The van der Waals surface area contributed by atoms with E-state index in [2.05, 4.69) is 31.0 Å². The van der Waals surface area contributed by atoms with Gasteiger partial charge in [0.1, 0.15) is 5.69 Å². The minimum Gasteiger partial charge on any atom is -0.349 e. The van der Waals surface area contributed by atoms with Crippen LogP contribution < -0.4 is 16.0 Å².